The molecule has 0 saturated carbocycles. The van der Waals surface area contributed by atoms with Gasteiger partial charge in [0.25, 0.3) is 0 Å². The van der Waals surface area contributed by atoms with Crippen molar-refractivity contribution in [2.75, 3.05) is 13.7 Å². The summed E-state index contributed by atoms with van der Waals surface area (Å²) in [4.78, 5) is 21.8. The third-order valence-electron chi connectivity index (χ3n) is 3.02. The van der Waals surface area contributed by atoms with E-state index in [0.29, 0.717) is 24.0 Å². The molecule has 0 spiro atoms. The summed E-state index contributed by atoms with van der Waals surface area (Å²) in [6.45, 7) is 5.14. The van der Waals surface area contributed by atoms with E-state index in [-0.39, 0.29) is 6.54 Å². The van der Waals surface area contributed by atoms with Crippen molar-refractivity contribution < 1.29 is 24.2 Å². The number of benzene rings is 1. The molecule has 1 amide bonds. The van der Waals surface area contributed by atoms with E-state index in [1.165, 1.54) is 0 Å². The van der Waals surface area contributed by atoms with Gasteiger partial charge in [-0.1, -0.05) is 19.9 Å². The number of methoxy groups -OCH3 is 1. The number of rotatable bonds is 9. The van der Waals surface area contributed by atoms with Crippen molar-refractivity contribution in [2.24, 2.45) is 5.92 Å². The van der Waals surface area contributed by atoms with E-state index in [1.807, 2.05) is 6.07 Å². The third kappa shape index (κ3) is 7.35. The summed E-state index contributed by atoms with van der Waals surface area (Å²) in [5.41, 5.74) is 0.829. The predicted octanol–water partition coefficient (Wildman–Crippen LogP) is 2.38. The van der Waals surface area contributed by atoms with E-state index in [4.69, 9.17) is 14.6 Å². The van der Waals surface area contributed by atoms with Gasteiger partial charge in [0.2, 0.25) is 5.91 Å². The molecule has 6 heteroatoms. The maximum atomic E-state index is 11.4. The van der Waals surface area contributed by atoms with E-state index in [9.17, 15) is 9.59 Å². The molecule has 1 rings (SSSR count). The number of hydrogen-bond donors (Lipinski definition) is 2. The van der Waals surface area contributed by atoms with Gasteiger partial charge in [0.05, 0.1) is 13.7 Å². The van der Waals surface area contributed by atoms with Crippen LogP contribution in [0.25, 0.3) is 0 Å². The molecule has 23 heavy (non-hydrogen) atoms. The molecule has 6 nitrogen and oxygen atoms in total. The number of aliphatic carboxylic acids is 1. The summed E-state index contributed by atoms with van der Waals surface area (Å²) in [7, 11) is 1.56. The molecule has 126 valence electrons. The molecule has 1 aromatic rings. The van der Waals surface area contributed by atoms with Crippen molar-refractivity contribution in [3.8, 4) is 11.5 Å². The first kappa shape index (κ1) is 18.5. The smallest absolute Gasteiger partial charge is 0.328 e. The number of ether oxygens (including phenoxy) is 2. The zero-order valence-electron chi connectivity index (χ0n) is 13.7. The molecular weight excluding hydrogens is 298 g/mol. The highest BCUT2D eigenvalue weighted by Crippen LogP contribution is 2.28. The van der Waals surface area contributed by atoms with Crippen molar-refractivity contribution in [1.29, 1.82) is 0 Å². The Hall–Kier alpha value is -2.50. The van der Waals surface area contributed by atoms with Gasteiger partial charge in [-0.2, -0.15) is 0 Å². The second-order valence-electron chi connectivity index (χ2n) is 5.41. The highest BCUT2D eigenvalue weighted by atomic mass is 16.5. The summed E-state index contributed by atoms with van der Waals surface area (Å²) in [5, 5.41) is 11.1. The Morgan fingerprint density at radius 1 is 1.26 bits per heavy atom. The highest BCUT2D eigenvalue weighted by molar-refractivity contribution is 5.93. The van der Waals surface area contributed by atoms with Crippen LogP contribution in [0, 0.1) is 5.92 Å². The number of nitrogens with one attached hydrogen (secondary N) is 1. The van der Waals surface area contributed by atoms with Crippen LogP contribution in [0.1, 0.15) is 25.8 Å². The summed E-state index contributed by atoms with van der Waals surface area (Å²) < 4.78 is 11.0. The summed E-state index contributed by atoms with van der Waals surface area (Å²) in [6, 6.07) is 5.41. The largest absolute Gasteiger partial charge is 0.493 e. The molecule has 0 bridgehead atoms. The van der Waals surface area contributed by atoms with E-state index in [1.54, 1.807) is 19.2 Å². The van der Waals surface area contributed by atoms with Crippen molar-refractivity contribution in [2.45, 2.75) is 26.8 Å². The number of amides is 1. The molecule has 0 aromatic heterocycles. The van der Waals surface area contributed by atoms with E-state index in [0.717, 1.165) is 24.1 Å². The van der Waals surface area contributed by atoms with E-state index < -0.39 is 11.9 Å². The molecule has 0 atom stereocenters. The number of carbonyl (C=O) groups excluding carboxylic acids is 1. The lowest BCUT2D eigenvalue weighted by molar-refractivity contribution is -0.131. The minimum atomic E-state index is -1.16. The van der Waals surface area contributed by atoms with Gasteiger partial charge in [0, 0.05) is 18.7 Å². The van der Waals surface area contributed by atoms with Crippen LogP contribution in [0.5, 0.6) is 11.5 Å². The fourth-order valence-corrected chi connectivity index (χ4v) is 1.74. The molecule has 1 aromatic carbocycles. The first-order valence-corrected chi connectivity index (χ1v) is 7.41. The third-order valence-corrected chi connectivity index (χ3v) is 3.02. The monoisotopic (exact) mass is 321 g/mol. The van der Waals surface area contributed by atoms with Gasteiger partial charge in [-0.3, -0.25) is 4.79 Å². The highest BCUT2D eigenvalue weighted by Gasteiger charge is 2.07. The summed E-state index contributed by atoms with van der Waals surface area (Å²) in [5.74, 6) is 0.193. The number of carbonyl (C=O) groups is 2. The van der Waals surface area contributed by atoms with Gasteiger partial charge in [0.15, 0.2) is 11.5 Å². The average molecular weight is 321 g/mol. The number of hydrogen-bond acceptors (Lipinski definition) is 4. The summed E-state index contributed by atoms with van der Waals surface area (Å²) >= 11 is 0. The quantitative estimate of drug-likeness (QED) is 0.682. The second-order valence-corrected chi connectivity index (χ2v) is 5.41. The van der Waals surface area contributed by atoms with Crippen LogP contribution >= 0.6 is 0 Å². The van der Waals surface area contributed by atoms with Crippen LogP contribution in [0.3, 0.4) is 0 Å². The minimum absolute atomic E-state index is 0.269. The predicted molar refractivity (Wildman–Crippen MR) is 86.6 cm³/mol. The lowest BCUT2D eigenvalue weighted by atomic mass is 10.1. The molecule has 0 heterocycles. The van der Waals surface area contributed by atoms with Gasteiger partial charge in [-0.15, -0.1) is 0 Å². The van der Waals surface area contributed by atoms with Crippen LogP contribution in [0.15, 0.2) is 30.4 Å². The maximum Gasteiger partial charge on any atom is 0.328 e. The molecule has 0 unspecified atom stereocenters. The molecule has 0 saturated heterocycles. The van der Waals surface area contributed by atoms with E-state index in [2.05, 4.69) is 19.2 Å². The molecular formula is C17H23NO5. The standard InChI is InChI=1S/C17H23NO5/c1-12(2)8-9-23-14-5-4-13(10-15(14)22-3)11-18-16(19)6-7-17(20)21/h4-7,10,12H,8-9,11H2,1-3H3,(H,18,19)(H,20,21)/b7-6+. The topological polar surface area (TPSA) is 84.9 Å². The molecule has 0 aliphatic heterocycles. The van der Waals surface area contributed by atoms with Gasteiger partial charge >= 0.3 is 5.97 Å². The van der Waals surface area contributed by atoms with Gasteiger partial charge < -0.3 is 19.9 Å². The average Bonchev–Trinajstić information content (AvgIpc) is 2.51. The Balaban J connectivity index is 2.61. The summed E-state index contributed by atoms with van der Waals surface area (Å²) in [6.07, 6.45) is 2.72. The zero-order valence-corrected chi connectivity index (χ0v) is 13.7. The zero-order chi connectivity index (χ0) is 17.2. The van der Waals surface area contributed by atoms with Gasteiger partial charge in [-0.25, -0.2) is 4.79 Å². The van der Waals surface area contributed by atoms with E-state index >= 15 is 0 Å². The van der Waals surface area contributed by atoms with Crippen LogP contribution in [-0.4, -0.2) is 30.7 Å². The van der Waals surface area contributed by atoms with Crippen LogP contribution in [0.4, 0.5) is 0 Å². The van der Waals surface area contributed by atoms with Crippen LogP contribution in [-0.2, 0) is 16.1 Å². The first-order chi connectivity index (χ1) is 10.9. The maximum absolute atomic E-state index is 11.4. The second kappa shape index (κ2) is 9.50. The van der Waals surface area contributed by atoms with Crippen molar-refractivity contribution in [3.63, 3.8) is 0 Å². The molecule has 2 N–H and O–H groups in total. The first-order valence-electron chi connectivity index (χ1n) is 7.41. The lowest BCUT2D eigenvalue weighted by Crippen LogP contribution is -2.20. The Bertz CT molecular complexity index is 566. The number of carboxylic acid groups (broad SMARTS) is 1. The van der Waals surface area contributed by atoms with Gasteiger partial charge in [0.1, 0.15) is 0 Å². The van der Waals surface area contributed by atoms with Crippen LogP contribution in [0.2, 0.25) is 0 Å². The fraction of sp³-hybridized carbons (Fsp3) is 0.412. The molecule has 0 fully saturated rings. The van der Waals surface area contributed by atoms with Crippen molar-refractivity contribution in [1.82, 2.24) is 5.32 Å². The Morgan fingerprint density at radius 3 is 2.61 bits per heavy atom. The SMILES string of the molecule is COc1cc(CNC(=O)/C=C/C(=O)O)ccc1OCCC(C)C. The van der Waals surface area contributed by atoms with Crippen LogP contribution < -0.4 is 14.8 Å². The Morgan fingerprint density at radius 2 is 2.00 bits per heavy atom. The fourth-order valence-electron chi connectivity index (χ4n) is 1.74. The minimum Gasteiger partial charge on any atom is -0.493 e. The Kier molecular flexibility index (Phi) is 7.66. The molecule has 0 aliphatic rings. The lowest BCUT2D eigenvalue weighted by Gasteiger charge is -2.13. The molecule has 0 radical (unpaired) electrons. The molecule has 0 aliphatic carbocycles. The van der Waals surface area contributed by atoms with Crippen molar-refractivity contribution in [3.05, 3.63) is 35.9 Å². The van der Waals surface area contributed by atoms with Crippen molar-refractivity contribution >= 4 is 11.9 Å². The van der Waals surface area contributed by atoms with Gasteiger partial charge in [-0.05, 0) is 30.0 Å². The normalized spacial score (nSPS) is 10.8. The number of carboxylic acids is 1. The Labute approximate surface area is 136 Å².